The van der Waals surface area contributed by atoms with Crippen LogP contribution in [0.5, 0.6) is 0 Å². The molecule has 0 fully saturated rings. The van der Waals surface area contributed by atoms with Crippen LogP contribution in [0.15, 0.2) is 67.0 Å². The van der Waals surface area contributed by atoms with Gasteiger partial charge in [0.2, 0.25) is 0 Å². The van der Waals surface area contributed by atoms with Crippen LogP contribution < -0.4 is 0 Å². The predicted molar refractivity (Wildman–Crippen MR) is 67.2 cm³/mol. The second kappa shape index (κ2) is 3.78. The third-order valence-electron chi connectivity index (χ3n) is 2.78. The number of nitrogens with zero attached hydrogens (tertiary/aromatic N) is 1. The standard InChI is InChI=1S/C15H11N/c1-2-6-14-12(4-1)5-3-7-15(14)13-8-10-16-11-9-13/h1-11H. The molecule has 76 valence electrons. The number of rotatable bonds is 1. The smallest absolute Gasteiger partial charge is 0.0273 e. The van der Waals surface area contributed by atoms with Crippen LogP contribution in [-0.2, 0) is 0 Å². The molecule has 3 aromatic rings. The zero-order valence-electron chi connectivity index (χ0n) is 8.80. The molecule has 1 heteroatoms. The molecule has 2 aromatic carbocycles. The Labute approximate surface area is 94.4 Å². The van der Waals surface area contributed by atoms with Crippen LogP contribution in [0.4, 0.5) is 0 Å². The van der Waals surface area contributed by atoms with Crippen LogP contribution in [-0.4, -0.2) is 4.98 Å². The Hall–Kier alpha value is -2.15. The molecule has 0 amide bonds. The zero-order chi connectivity index (χ0) is 10.8. The topological polar surface area (TPSA) is 12.9 Å². The van der Waals surface area contributed by atoms with E-state index in [0.717, 1.165) is 0 Å². The van der Waals surface area contributed by atoms with E-state index in [4.69, 9.17) is 0 Å². The van der Waals surface area contributed by atoms with Crippen molar-refractivity contribution in [3.05, 3.63) is 67.0 Å². The second-order valence-electron chi connectivity index (χ2n) is 3.76. The van der Waals surface area contributed by atoms with Crippen LogP contribution in [0, 0.1) is 0 Å². The molecule has 0 atom stereocenters. The van der Waals surface area contributed by atoms with E-state index in [9.17, 15) is 0 Å². The van der Waals surface area contributed by atoms with Crippen LogP contribution >= 0.6 is 0 Å². The van der Waals surface area contributed by atoms with Gasteiger partial charge in [-0.15, -0.1) is 0 Å². The number of aromatic nitrogens is 1. The molecule has 0 saturated heterocycles. The number of pyridine rings is 1. The van der Waals surface area contributed by atoms with Crippen molar-refractivity contribution in [1.82, 2.24) is 4.98 Å². The van der Waals surface area contributed by atoms with Gasteiger partial charge in [-0.25, -0.2) is 0 Å². The molecule has 1 heterocycles. The molecule has 0 N–H and O–H groups in total. The van der Waals surface area contributed by atoms with Crippen molar-refractivity contribution in [2.75, 3.05) is 0 Å². The Morgan fingerprint density at radius 3 is 2.31 bits per heavy atom. The molecule has 0 aliphatic carbocycles. The highest BCUT2D eigenvalue weighted by Gasteiger charge is 2.01. The van der Waals surface area contributed by atoms with Crippen molar-refractivity contribution in [3.63, 3.8) is 0 Å². The van der Waals surface area contributed by atoms with Crippen molar-refractivity contribution in [2.45, 2.75) is 0 Å². The first kappa shape index (κ1) is 9.10. The van der Waals surface area contributed by atoms with E-state index in [2.05, 4.69) is 47.4 Å². The summed E-state index contributed by atoms with van der Waals surface area (Å²) < 4.78 is 0. The fraction of sp³-hybridized carbons (Fsp3) is 0. The van der Waals surface area contributed by atoms with Gasteiger partial charge in [-0.3, -0.25) is 4.98 Å². The highest BCUT2D eigenvalue weighted by molar-refractivity contribution is 5.96. The van der Waals surface area contributed by atoms with Gasteiger partial charge in [0.15, 0.2) is 0 Å². The lowest BCUT2D eigenvalue weighted by Gasteiger charge is -2.05. The Kier molecular flexibility index (Phi) is 2.15. The molecule has 0 unspecified atom stereocenters. The monoisotopic (exact) mass is 205 g/mol. The first-order valence-corrected chi connectivity index (χ1v) is 5.33. The SMILES string of the molecule is c1ccc2c(-c3ccncc3)cccc2c1. The van der Waals surface area contributed by atoms with Crippen LogP contribution in [0.3, 0.4) is 0 Å². The van der Waals surface area contributed by atoms with Crippen molar-refractivity contribution in [1.29, 1.82) is 0 Å². The van der Waals surface area contributed by atoms with E-state index in [1.807, 2.05) is 24.5 Å². The summed E-state index contributed by atoms with van der Waals surface area (Å²) in [5, 5.41) is 2.56. The summed E-state index contributed by atoms with van der Waals surface area (Å²) in [5.74, 6) is 0. The first-order chi connectivity index (χ1) is 7.95. The molecule has 16 heavy (non-hydrogen) atoms. The number of hydrogen-bond acceptors (Lipinski definition) is 1. The fourth-order valence-corrected chi connectivity index (χ4v) is 2.01. The van der Waals surface area contributed by atoms with Gasteiger partial charge in [0, 0.05) is 12.4 Å². The second-order valence-corrected chi connectivity index (χ2v) is 3.76. The first-order valence-electron chi connectivity index (χ1n) is 5.33. The summed E-state index contributed by atoms with van der Waals surface area (Å²) in [5.41, 5.74) is 2.48. The normalized spacial score (nSPS) is 10.5. The van der Waals surface area contributed by atoms with Crippen molar-refractivity contribution < 1.29 is 0 Å². The van der Waals surface area contributed by atoms with Gasteiger partial charge in [-0.05, 0) is 34.0 Å². The summed E-state index contributed by atoms with van der Waals surface area (Å²) in [6.45, 7) is 0. The highest BCUT2D eigenvalue weighted by Crippen LogP contribution is 2.27. The van der Waals surface area contributed by atoms with Gasteiger partial charge in [-0.2, -0.15) is 0 Å². The van der Waals surface area contributed by atoms with Gasteiger partial charge in [-0.1, -0.05) is 42.5 Å². The van der Waals surface area contributed by atoms with Gasteiger partial charge >= 0.3 is 0 Å². The third-order valence-corrected chi connectivity index (χ3v) is 2.78. The van der Waals surface area contributed by atoms with Gasteiger partial charge in [0.25, 0.3) is 0 Å². The lowest BCUT2D eigenvalue weighted by molar-refractivity contribution is 1.33. The largest absolute Gasteiger partial charge is 0.265 e. The molecule has 0 spiro atoms. The van der Waals surface area contributed by atoms with Crippen LogP contribution in [0.2, 0.25) is 0 Å². The van der Waals surface area contributed by atoms with Crippen molar-refractivity contribution >= 4 is 10.8 Å². The molecular formula is C15H11N. The Bertz CT molecular complexity index is 609. The maximum atomic E-state index is 4.05. The highest BCUT2D eigenvalue weighted by atomic mass is 14.6. The maximum Gasteiger partial charge on any atom is 0.0273 e. The minimum absolute atomic E-state index is 1.21. The van der Waals surface area contributed by atoms with Gasteiger partial charge in [0.05, 0.1) is 0 Å². The quantitative estimate of drug-likeness (QED) is 0.587. The van der Waals surface area contributed by atoms with E-state index >= 15 is 0 Å². The Balaban J connectivity index is 2.32. The lowest BCUT2D eigenvalue weighted by atomic mass is 9.99. The minimum Gasteiger partial charge on any atom is -0.265 e. The molecule has 0 saturated carbocycles. The lowest BCUT2D eigenvalue weighted by Crippen LogP contribution is -1.81. The number of fused-ring (bicyclic) bond motifs is 1. The molecule has 0 aliphatic rings. The van der Waals surface area contributed by atoms with Gasteiger partial charge in [0.1, 0.15) is 0 Å². The average Bonchev–Trinajstić information content (AvgIpc) is 2.39. The van der Waals surface area contributed by atoms with E-state index in [1.165, 1.54) is 21.9 Å². The Morgan fingerprint density at radius 1 is 0.688 bits per heavy atom. The number of benzene rings is 2. The minimum atomic E-state index is 1.21. The summed E-state index contributed by atoms with van der Waals surface area (Å²) in [7, 11) is 0. The molecule has 3 rings (SSSR count). The van der Waals surface area contributed by atoms with E-state index in [1.54, 1.807) is 0 Å². The summed E-state index contributed by atoms with van der Waals surface area (Å²) in [6, 6.07) is 18.9. The summed E-state index contributed by atoms with van der Waals surface area (Å²) in [6.07, 6.45) is 3.66. The molecule has 1 aromatic heterocycles. The Morgan fingerprint density at radius 2 is 1.44 bits per heavy atom. The van der Waals surface area contributed by atoms with E-state index in [0.29, 0.717) is 0 Å². The maximum absolute atomic E-state index is 4.05. The van der Waals surface area contributed by atoms with Crippen LogP contribution in [0.25, 0.3) is 21.9 Å². The fourth-order valence-electron chi connectivity index (χ4n) is 2.01. The zero-order valence-corrected chi connectivity index (χ0v) is 8.80. The molecule has 0 radical (unpaired) electrons. The summed E-state index contributed by atoms with van der Waals surface area (Å²) >= 11 is 0. The molecule has 1 nitrogen and oxygen atoms in total. The van der Waals surface area contributed by atoms with Gasteiger partial charge < -0.3 is 0 Å². The number of hydrogen-bond donors (Lipinski definition) is 0. The molecular weight excluding hydrogens is 194 g/mol. The average molecular weight is 205 g/mol. The van der Waals surface area contributed by atoms with Crippen molar-refractivity contribution in [3.8, 4) is 11.1 Å². The third kappa shape index (κ3) is 1.47. The predicted octanol–water partition coefficient (Wildman–Crippen LogP) is 3.90. The van der Waals surface area contributed by atoms with Crippen molar-refractivity contribution in [2.24, 2.45) is 0 Å². The summed E-state index contributed by atoms with van der Waals surface area (Å²) in [4.78, 5) is 4.05. The van der Waals surface area contributed by atoms with Crippen LogP contribution in [0.1, 0.15) is 0 Å². The van der Waals surface area contributed by atoms with E-state index < -0.39 is 0 Å². The van der Waals surface area contributed by atoms with E-state index in [-0.39, 0.29) is 0 Å². The molecule has 0 bridgehead atoms. The molecule has 0 aliphatic heterocycles.